The largest absolute Gasteiger partial charge is 0.470 e. The molecule has 0 saturated carbocycles. The molecular formula is C9H9F3N4O6S. The zero-order valence-corrected chi connectivity index (χ0v) is 11.9. The second-order valence-corrected chi connectivity index (χ2v) is 5.97. The lowest BCUT2D eigenvalue weighted by molar-refractivity contribution is -0.157. The van der Waals surface area contributed by atoms with Gasteiger partial charge in [-0.15, -0.1) is 14.5 Å². The molecule has 0 aromatic carbocycles. The first-order valence-corrected chi connectivity index (χ1v) is 7.58. The zero-order chi connectivity index (χ0) is 17.0. The van der Waals surface area contributed by atoms with E-state index in [4.69, 9.17) is 4.55 Å². The third-order valence-corrected chi connectivity index (χ3v) is 3.87. The molecule has 0 aliphatic carbocycles. The Morgan fingerprint density at radius 1 is 1.35 bits per heavy atom. The number of hydrogen-bond donors (Lipinski definition) is 1. The van der Waals surface area contributed by atoms with Gasteiger partial charge >= 0.3 is 28.5 Å². The second kappa shape index (κ2) is 5.04. The van der Waals surface area contributed by atoms with Crippen LogP contribution in [0.5, 0.6) is 0 Å². The maximum absolute atomic E-state index is 12.5. The van der Waals surface area contributed by atoms with Gasteiger partial charge in [-0.05, 0) is 6.42 Å². The summed E-state index contributed by atoms with van der Waals surface area (Å²) in [6.45, 7) is 0.123. The highest BCUT2D eigenvalue weighted by molar-refractivity contribution is 7.80. The lowest BCUT2D eigenvalue weighted by atomic mass is 9.93. The number of halogens is 3. The van der Waals surface area contributed by atoms with Gasteiger partial charge in [-0.25, -0.2) is 4.79 Å². The average molecular weight is 358 g/mol. The molecule has 2 atom stereocenters. The minimum absolute atomic E-state index is 0.0112. The molecule has 0 radical (unpaired) electrons. The number of amides is 2. The van der Waals surface area contributed by atoms with Crippen molar-refractivity contribution in [3.63, 3.8) is 0 Å². The van der Waals surface area contributed by atoms with Crippen LogP contribution in [0, 0.1) is 0 Å². The van der Waals surface area contributed by atoms with E-state index >= 15 is 0 Å². The van der Waals surface area contributed by atoms with E-state index in [0.29, 0.717) is 5.06 Å². The summed E-state index contributed by atoms with van der Waals surface area (Å²) < 4.78 is 76.7. The molecule has 2 fully saturated rings. The van der Waals surface area contributed by atoms with Crippen LogP contribution in [0.1, 0.15) is 24.1 Å². The molecule has 1 aromatic heterocycles. The number of fused-ring (bicyclic) bond motifs is 2. The van der Waals surface area contributed by atoms with E-state index < -0.39 is 40.5 Å². The van der Waals surface area contributed by atoms with Gasteiger partial charge in [0.15, 0.2) is 0 Å². The van der Waals surface area contributed by atoms with Gasteiger partial charge < -0.3 is 9.32 Å². The van der Waals surface area contributed by atoms with Gasteiger partial charge in [0.2, 0.25) is 5.89 Å². The highest BCUT2D eigenvalue weighted by Gasteiger charge is 2.50. The van der Waals surface area contributed by atoms with E-state index in [1.165, 1.54) is 4.90 Å². The normalized spacial score (nSPS) is 25.3. The van der Waals surface area contributed by atoms with E-state index in [9.17, 15) is 26.4 Å². The molecule has 3 heterocycles. The Morgan fingerprint density at radius 3 is 2.61 bits per heavy atom. The van der Waals surface area contributed by atoms with Crippen molar-refractivity contribution in [1.82, 2.24) is 20.2 Å². The standard InChI is InChI=1S/C9H9F3N4O6S/c10-9(11,12)7-14-13-6(21-7)4-1-2-15-3-5(4)16(8(15)17)22-23(18,19)20/h4-5H,1-3H2,(H,18,19,20)/t4-,5+/m1/s1. The molecule has 0 spiro atoms. The van der Waals surface area contributed by atoms with Crippen molar-refractivity contribution < 1.29 is 39.6 Å². The Balaban J connectivity index is 1.89. The van der Waals surface area contributed by atoms with Crippen LogP contribution in [-0.2, 0) is 20.9 Å². The van der Waals surface area contributed by atoms with E-state index in [1.54, 1.807) is 0 Å². The molecule has 1 aromatic rings. The Kier molecular flexibility index (Phi) is 3.49. The van der Waals surface area contributed by atoms with Crippen molar-refractivity contribution in [2.45, 2.75) is 24.6 Å². The number of hydrogen-bond acceptors (Lipinski definition) is 7. The first-order valence-electron chi connectivity index (χ1n) is 6.22. The minimum atomic E-state index is -4.97. The minimum Gasteiger partial charge on any atom is -0.417 e. The Labute approximate surface area is 126 Å². The van der Waals surface area contributed by atoms with Gasteiger partial charge in [0.1, 0.15) is 0 Å². The molecule has 128 valence electrons. The maximum atomic E-state index is 12.5. The van der Waals surface area contributed by atoms with Crippen LogP contribution in [0.15, 0.2) is 4.42 Å². The number of carbonyl (C=O) groups is 1. The molecule has 2 aliphatic rings. The van der Waals surface area contributed by atoms with E-state index in [-0.39, 0.29) is 25.4 Å². The van der Waals surface area contributed by atoms with Crippen molar-refractivity contribution in [2.75, 3.05) is 13.1 Å². The van der Waals surface area contributed by atoms with Crippen molar-refractivity contribution in [3.8, 4) is 0 Å². The predicted molar refractivity (Wildman–Crippen MR) is 61.9 cm³/mol. The van der Waals surface area contributed by atoms with Crippen LogP contribution < -0.4 is 0 Å². The second-order valence-electron chi connectivity index (χ2n) is 4.96. The van der Waals surface area contributed by atoms with E-state index in [2.05, 4.69) is 18.9 Å². The van der Waals surface area contributed by atoms with Crippen LogP contribution in [0.3, 0.4) is 0 Å². The number of alkyl halides is 3. The number of hydroxylamine groups is 2. The summed E-state index contributed by atoms with van der Waals surface area (Å²) in [5.74, 6) is -2.79. The van der Waals surface area contributed by atoms with Gasteiger partial charge in [0.05, 0.1) is 12.0 Å². The number of rotatable bonds is 3. The number of piperidine rings is 1. The first-order chi connectivity index (χ1) is 10.6. The van der Waals surface area contributed by atoms with Crippen molar-refractivity contribution in [2.24, 2.45) is 0 Å². The third kappa shape index (κ3) is 2.96. The van der Waals surface area contributed by atoms with Gasteiger partial charge in [-0.3, -0.25) is 4.55 Å². The molecule has 2 bridgehead atoms. The van der Waals surface area contributed by atoms with Crippen molar-refractivity contribution in [1.29, 1.82) is 0 Å². The maximum Gasteiger partial charge on any atom is 0.470 e. The lowest BCUT2D eigenvalue weighted by Gasteiger charge is -2.27. The van der Waals surface area contributed by atoms with Crippen LogP contribution in [0.25, 0.3) is 0 Å². The first kappa shape index (κ1) is 15.9. The molecule has 10 nitrogen and oxygen atoms in total. The third-order valence-electron chi connectivity index (χ3n) is 3.52. The van der Waals surface area contributed by atoms with Gasteiger partial charge in [0.25, 0.3) is 0 Å². The number of carbonyl (C=O) groups excluding carboxylic acids is 1. The number of aromatic nitrogens is 2. The number of urea groups is 1. The Bertz CT molecular complexity index is 734. The molecule has 3 rings (SSSR count). The Hall–Kier alpha value is -1.93. The molecule has 0 unspecified atom stereocenters. The number of nitrogens with zero attached hydrogens (tertiary/aromatic N) is 4. The van der Waals surface area contributed by atoms with Crippen LogP contribution in [0.2, 0.25) is 0 Å². The highest BCUT2D eigenvalue weighted by atomic mass is 32.3. The fourth-order valence-electron chi connectivity index (χ4n) is 2.60. The molecule has 23 heavy (non-hydrogen) atoms. The summed E-state index contributed by atoms with van der Waals surface area (Å²) >= 11 is 0. The summed E-state index contributed by atoms with van der Waals surface area (Å²) in [4.78, 5) is 13.1. The van der Waals surface area contributed by atoms with E-state index in [1.807, 2.05) is 0 Å². The summed E-state index contributed by atoms with van der Waals surface area (Å²) in [7, 11) is -4.97. The Morgan fingerprint density at radius 2 is 2.04 bits per heavy atom. The monoisotopic (exact) mass is 358 g/mol. The average Bonchev–Trinajstić information content (AvgIpc) is 2.99. The molecule has 14 heteroatoms. The van der Waals surface area contributed by atoms with Crippen LogP contribution in [0.4, 0.5) is 18.0 Å². The fourth-order valence-corrected chi connectivity index (χ4v) is 2.98. The fraction of sp³-hybridized carbons (Fsp3) is 0.667. The SMILES string of the molecule is O=C1N2CC[C@@H](c3nnc(C(F)(F)F)o3)[C@H](C2)N1OS(=O)(=O)O. The van der Waals surface area contributed by atoms with E-state index in [0.717, 1.165) is 0 Å². The molecule has 2 aliphatic heterocycles. The van der Waals surface area contributed by atoms with Gasteiger partial charge in [0, 0.05) is 13.1 Å². The topological polar surface area (TPSA) is 126 Å². The zero-order valence-electron chi connectivity index (χ0n) is 11.1. The summed E-state index contributed by atoms with van der Waals surface area (Å²) in [6, 6.07) is -1.81. The summed E-state index contributed by atoms with van der Waals surface area (Å²) in [5, 5.41) is 6.61. The van der Waals surface area contributed by atoms with Crippen LogP contribution in [-0.4, -0.2) is 58.3 Å². The van der Waals surface area contributed by atoms with Crippen LogP contribution >= 0.6 is 0 Å². The highest BCUT2D eigenvalue weighted by Crippen LogP contribution is 2.38. The predicted octanol–water partition coefficient (Wildman–Crippen LogP) is 0.416. The van der Waals surface area contributed by atoms with Gasteiger partial charge in [-0.1, -0.05) is 0 Å². The molecule has 2 saturated heterocycles. The molecule has 2 amide bonds. The van der Waals surface area contributed by atoms with Crippen molar-refractivity contribution >= 4 is 16.4 Å². The summed E-state index contributed by atoms with van der Waals surface area (Å²) in [5.41, 5.74) is 0. The smallest absolute Gasteiger partial charge is 0.417 e. The van der Waals surface area contributed by atoms with Crippen molar-refractivity contribution in [3.05, 3.63) is 11.8 Å². The summed E-state index contributed by atoms with van der Waals surface area (Å²) in [6.07, 6.45) is -4.65. The molecule has 1 N–H and O–H groups in total. The molecular weight excluding hydrogens is 349 g/mol. The van der Waals surface area contributed by atoms with Gasteiger partial charge in [-0.2, -0.15) is 26.7 Å². The quantitative estimate of drug-likeness (QED) is 0.770. The lowest BCUT2D eigenvalue weighted by Crippen LogP contribution is -2.39.